The van der Waals surface area contributed by atoms with E-state index >= 15 is 0 Å². The molecule has 4 heteroatoms. The molecular formula is C17H21N3O. The van der Waals surface area contributed by atoms with Crippen LogP contribution in [0.5, 0.6) is 0 Å². The Morgan fingerprint density at radius 1 is 1.19 bits per heavy atom. The van der Waals surface area contributed by atoms with E-state index in [4.69, 9.17) is 4.74 Å². The second-order valence-corrected chi connectivity index (χ2v) is 5.38. The first-order valence-corrected chi connectivity index (χ1v) is 7.58. The average molecular weight is 283 g/mol. The molecule has 1 aromatic carbocycles. The van der Waals surface area contributed by atoms with E-state index in [1.54, 1.807) is 12.4 Å². The lowest BCUT2D eigenvalue weighted by molar-refractivity contribution is 0.0338. The minimum atomic E-state index is 0.296. The van der Waals surface area contributed by atoms with E-state index in [2.05, 4.69) is 45.2 Å². The summed E-state index contributed by atoms with van der Waals surface area (Å²) in [6, 6.07) is 10.6. The summed E-state index contributed by atoms with van der Waals surface area (Å²) in [7, 11) is 0. The van der Waals surface area contributed by atoms with E-state index in [-0.39, 0.29) is 0 Å². The molecule has 0 radical (unpaired) electrons. The summed E-state index contributed by atoms with van der Waals surface area (Å²) >= 11 is 0. The SMILES string of the molecule is c1ccc(CCC[C@@H]2CN(c3cnccn3)CCO2)cc1. The summed E-state index contributed by atoms with van der Waals surface area (Å²) in [5.41, 5.74) is 1.40. The molecule has 3 rings (SSSR count). The van der Waals surface area contributed by atoms with Gasteiger partial charge in [0.15, 0.2) is 0 Å². The number of ether oxygens (including phenoxy) is 1. The Labute approximate surface area is 125 Å². The van der Waals surface area contributed by atoms with Gasteiger partial charge in [-0.3, -0.25) is 4.98 Å². The summed E-state index contributed by atoms with van der Waals surface area (Å²) < 4.78 is 5.88. The Hall–Kier alpha value is -1.94. The van der Waals surface area contributed by atoms with Gasteiger partial charge in [-0.2, -0.15) is 0 Å². The predicted octanol–water partition coefficient (Wildman–Crippen LogP) is 2.70. The molecule has 0 saturated carbocycles. The minimum Gasteiger partial charge on any atom is -0.375 e. The van der Waals surface area contributed by atoms with Crippen molar-refractivity contribution in [1.82, 2.24) is 9.97 Å². The Kier molecular flexibility index (Phi) is 4.79. The first-order chi connectivity index (χ1) is 10.4. The fourth-order valence-corrected chi connectivity index (χ4v) is 2.74. The molecule has 0 aliphatic carbocycles. The molecule has 110 valence electrons. The number of hydrogen-bond donors (Lipinski definition) is 0. The number of aryl methyl sites for hydroxylation is 1. The van der Waals surface area contributed by atoms with Gasteiger partial charge in [0.1, 0.15) is 5.82 Å². The molecule has 1 fully saturated rings. The van der Waals surface area contributed by atoms with Crippen molar-refractivity contribution in [2.24, 2.45) is 0 Å². The van der Waals surface area contributed by atoms with Crippen LogP contribution in [0.4, 0.5) is 5.82 Å². The maximum atomic E-state index is 5.88. The van der Waals surface area contributed by atoms with E-state index in [1.807, 2.05) is 6.20 Å². The van der Waals surface area contributed by atoms with Gasteiger partial charge >= 0.3 is 0 Å². The minimum absolute atomic E-state index is 0.296. The zero-order chi connectivity index (χ0) is 14.3. The van der Waals surface area contributed by atoms with Crippen molar-refractivity contribution in [3.05, 3.63) is 54.5 Å². The van der Waals surface area contributed by atoms with Crippen LogP contribution in [0.1, 0.15) is 18.4 Å². The van der Waals surface area contributed by atoms with Gasteiger partial charge in [0.05, 0.1) is 18.9 Å². The highest BCUT2D eigenvalue weighted by atomic mass is 16.5. The highest BCUT2D eigenvalue weighted by Gasteiger charge is 2.21. The Bertz CT molecular complexity index is 532. The summed E-state index contributed by atoms with van der Waals surface area (Å²) in [6.07, 6.45) is 8.94. The highest BCUT2D eigenvalue weighted by Crippen LogP contribution is 2.17. The van der Waals surface area contributed by atoms with Gasteiger partial charge in [0.25, 0.3) is 0 Å². The van der Waals surface area contributed by atoms with Crippen molar-refractivity contribution < 1.29 is 4.74 Å². The molecule has 21 heavy (non-hydrogen) atoms. The van der Waals surface area contributed by atoms with Crippen molar-refractivity contribution in [3.8, 4) is 0 Å². The first-order valence-electron chi connectivity index (χ1n) is 7.58. The van der Waals surface area contributed by atoms with Gasteiger partial charge in [-0.1, -0.05) is 30.3 Å². The van der Waals surface area contributed by atoms with Crippen LogP contribution in [0.25, 0.3) is 0 Å². The quantitative estimate of drug-likeness (QED) is 0.845. The number of anilines is 1. The highest BCUT2D eigenvalue weighted by molar-refractivity contribution is 5.35. The van der Waals surface area contributed by atoms with E-state index in [1.165, 1.54) is 5.56 Å². The second kappa shape index (κ2) is 7.18. The van der Waals surface area contributed by atoms with Crippen LogP contribution in [0.3, 0.4) is 0 Å². The van der Waals surface area contributed by atoms with Crippen LogP contribution in [0.2, 0.25) is 0 Å². The van der Waals surface area contributed by atoms with Crippen molar-refractivity contribution in [2.75, 3.05) is 24.6 Å². The predicted molar refractivity (Wildman–Crippen MR) is 83.4 cm³/mol. The molecule has 0 amide bonds. The summed E-state index contributed by atoms with van der Waals surface area (Å²) in [6.45, 7) is 2.58. The maximum Gasteiger partial charge on any atom is 0.147 e. The molecule has 0 unspecified atom stereocenters. The molecular weight excluding hydrogens is 262 g/mol. The molecule has 1 saturated heterocycles. The third-order valence-corrected chi connectivity index (χ3v) is 3.85. The van der Waals surface area contributed by atoms with E-state index in [0.717, 1.165) is 44.8 Å². The van der Waals surface area contributed by atoms with E-state index in [0.29, 0.717) is 6.10 Å². The number of benzene rings is 1. The molecule has 4 nitrogen and oxygen atoms in total. The van der Waals surface area contributed by atoms with Crippen molar-refractivity contribution in [3.63, 3.8) is 0 Å². The smallest absolute Gasteiger partial charge is 0.147 e. The lowest BCUT2D eigenvalue weighted by atomic mass is 10.1. The lowest BCUT2D eigenvalue weighted by Gasteiger charge is -2.33. The van der Waals surface area contributed by atoms with Crippen LogP contribution < -0.4 is 4.90 Å². The van der Waals surface area contributed by atoms with Gasteiger partial charge < -0.3 is 9.64 Å². The molecule has 0 N–H and O–H groups in total. The topological polar surface area (TPSA) is 38.2 Å². The number of rotatable bonds is 5. The van der Waals surface area contributed by atoms with Gasteiger partial charge in [0.2, 0.25) is 0 Å². The first kappa shape index (κ1) is 14.0. The lowest BCUT2D eigenvalue weighted by Crippen LogP contribution is -2.43. The third kappa shape index (κ3) is 4.02. The average Bonchev–Trinajstić information content (AvgIpc) is 2.57. The normalized spacial score (nSPS) is 18.7. The van der Waals surface area contributed by atoms with Gasteiger partial charge in [0, 0.05) is 25.5 Å². The molecule has 2 heterocycles. The number of aromatic nitrogens is 2. The van der Waals surface area contributed by atoms with Crippen LogP contribution >= 0.6 is 0 Å². The van der Waals surface area contributed by atoms with E-state index in [9.17, 15) is 0 Å². The van der Waals surface area contributed by atoms with E-state index < -0.39 is 0 Å². The molecule has 2 aromatic rings. The van der Waals surface area contributed by atoms with Crippen LogP contribution in [-0.2, 0) is 11.2 Å². The zero-order valence-corrected chi connectivity index (χ0v) is 12.2. The van der Waals surface area contributed by atoms with Crippen LogP contribution in [0.15, 0.2) is 48.9 Å². The summed E-state index contributed by atoms with van der Waals surface area (Å²) in [5.74, 6) is 0.953. The van der Waals surface area contributed by atoms with Crippen LogP contribution in [-0.4, -0.2) is 35.8 Å². The fourth-order valence-electron chi connectivity index (χ4n) is 2.74. The molecule has 0 bridgehead atoms. The van der Waals surface area contributed by atoms with Crippen molar-refractivity contribution in [1.29, 1.82) is 0 Å². The van der Waals surface area contributed by atoms with Crippen LogP contribution in [0, 0.1) is 0 Å². The van der Waals surface area contributed by atoms with Crippen molar-refractivity contribution in [2.45, 2.75) is 25.4 Å². The molecule has 1 aliphatic heterocycles. The second-order valence-electron chi connectivity index (χ2n) is 5.38. The summed E-state index contributed by atoms with van der Waals surface area (Å²) in [4.78, 5) is 10.8. The van der Waals surface area contributed by atoms with Gasteiger partial charge in [-0.15, -0.1) is 0 Å². The Balaban J connectivity index is 1.48. The fraction of sp³-hybridized carbons (Fsp3) is 0.412. The number of morpholine rings is 1. The van der Waals surface area contributed by atoms with Crippen molar-refractivity contribution >= 4 is 5.82 Å². The Morgan fingerprint density at radius 3 is 2.90 bits per heavy atom. The summed E-state index contributed by atoms with van der Waals surface area (Å²) in [5, 5.41) is 0. The molecule has 1 aromatic heterocycles. The molecule has 1 aliphatic rings. The standard InChI is InChI=1S/C17H21N3O/c1-2-5-15(6-3-1)7-4-8-16-14-20(11-12-21-16)17-13-18-9-10-19-17/h1-3,5-6,9-10,13,16H,4,7-8,11-12,14H2/t16-/m1/s1. The largest absolute Gasteiger partial charge is 0.375 e. The number of nitrogens with zero attached hydrogens (tertiary/aromatic N) is 3. The third-order valence-electron chi connectivity index (χ3n) is 3.85. The monoisotopic (exact) mass is 283 g/mol. The maximum absolute atomic E-state index is 5.88. The zero-order valence-electron chi connectivity index (χ0n) is 12.2. The number of hydrogen-bond acceptors (Lipinski definition) is 4. The van der Waals surface area contributed by atoms with Gasteiger partial charge in [-0.25, -0.2) is 4.98 Å². The van der Waals surface area contributed by atoms with Gasteiger partial charge in [-0.05, 0) is 24.8 Å². The molecule has 1 atom stereocenters. The Morgan fingerprint density at radius 2 is 2.10 bits per heavy atom. The molecule has 0 spiro atoms.